The highest BCUT2D eigenvalue weighted by molar-refractivity contribution is 6.35. The molecule has 0 bridgehead atoms. The van der Waals surface area contributed by atoms with Crippen LogP contribution in [-0.2, 0) is 0 Å². The second-order valence-electron chi connectivity index (χ2n) is 4.85. The Labute approximate surface area is 133 Å². The lowest BCUT2D eigenvalue weighted by Gasteiger charge is -2.09. The normalized spacial score (nSPS) is 10.9. The predicted octanol–water partition coefficient (Wildman–Crippen LogP) is 3.54. The Hall–Kier alpha value is -1.49. The highest BCUT2D eigenvalue weighted by Gasteiger charge is 2.14. The van der Waals surface area contributed by atoms with Crippen molar-refractivity contribution in [2.24, 2.45) is 0 Å². The van der Waals surface area contributed by atoms with Gasteiger partial charge in [-0.3, -0.25) is 4.79 Å². The number of likely N-dealkylation sites (N-methyl/N-ethyl adjacent to an activating group) is 1. The fraction of sp³-hybridized carbons (Fsp3) is 0.267. The SMILES string of the molecule is CN(C)CCNC(=O)c1ccc(-c2cc(Cl)ccc2Cl)o1. The number of carbonyl (C=O) groups excluding carboxylic acids is 1. The van der Waals surface area contributed by atoms with Crippen LogP contribution >= 0.6 is 23.2 Å². The zero-order chi connectivity index (χ0) is 15.4. The van der Waals surface area contributed by atoms with Gasteiger partial charge < -0.3 is 14.6 Å². The van der Waals surface area contributed by atoms with E-state index in [0.717, 1.165) is 6.54 Å². The molecular formula is C15H16Cl2N2O2. The molecule has 6 heteroatoms. The number of carbonyl (C=O) groups is 1. The molecule has 21 heavy (non-hydrogen) atoms. The molecule has 0 aliphatic rings. The van der Waals surface area contributed by atoms with Crippen molar-refractivity contribution < 1.29 is 9.21 Å². The third kappa shape index (κ3) is 4.24. The summed E-state index contributed by atoms with van der Waals surface area (Å²) in [6.45, 7) is 1.32. The molecule has 2 aromatic rings. The van der Waals surface area contributed by atoms with Crippen molar-refractivity contribution >= 4 is 29.1 Å². The standard InChI is InChI=1S/C15H16Cl2N2O2/c1-19(2)8-7-18-15(20)14-6-5-13(21-14)11-9-10(16)3-4-12(11)17/h3-6,9H,7-8H2,1-2H3,(H,18,20). The molecule has 112 valence electrons. The first-order valence-electron chi connectivity index (χ1n) is 6.45. The van der Waals surface area contributed by atoms with E-state index in [4.69, 9.17) is 27.6 Å². The Morgan fingerprint density at radius 3 is 2.71 bits per heavy atom. The average Bonchev–Trinajstić information content (AvgIpc) is 2.90. The highest BCUT2D eigenvalue weighted by atomic mass is 35.5. The van der Waals surface area contributed by atoms with Gasteiger partial charge in [0.15, 0.2) is 5.76 Å². The fourth-order valence-electron chi connectivity index (χ4n) is 1.77. The molecule has 1 aromatic heterocycles. The van der Waals surface area contributed by atoms with E-state index in [1.54, 1.807) is 30.3 Å². The van der Waals surface area contributed by atoms with E-state index in [9.17, 15) is 4.79 Å². The third-order valence-corrected chi connectivity index (χ3v) is 3.43. The van der Waals surface area contributed by atoms with Crippen molar-refractivity contribution in [2.75, 3.05) is 27.2 Å². The van der Waals surface area contributed by atoms with Crippen LogP contribution in [0.2, 0.25) is 10.0 Å². The summed E-state index contributed by atoms with van der Waals surface area (Å²) < 4.78 is 5.56. The van der Waals surface area contributed by atoms with E-state index >= 15 is 0 Å². The van der Waals surface area contributed by atoms with E-state index in [2.05, 4.69) is 5.32 Å². The van der Waals surface area contributed by atoms with Crippen molar-refractivity contribution in [1.82, 2.24) is 10.2 Å². The number of nitrogens with one attached hydrogen (secondary N) is 1. The Kier molecular flexibility index (Phi) is 5.28. The summed E-state index contributed by atoms with van der Waals surface area (Å²) in [5, 5.41) is 3.87. The van der Waals surface area contributed by atoms with Crippen LogP contribution < -0.4 is 5.32 Å². The first-order valence-corrected chi connectivity index (χ1v) is 7.21. The van der Waals surface area contributed by atoms with Crippen LogP contribution in [0.3, 0.4) is 0 Å². The van der Waals surface area contributed by atoms with Gasteiger partial charge in [0.05, 0.1) is 5.02 Å². The number of furan rings is 1. The summed E-state index contributed by atoms with van der Waals surface area (Å²) in [5.74, 6) is 0.515. The Bertz CT molecular complexity index is 638. The quantitative estimate of drug-likeness (QED) is 0.913. The zero-order valence-corrected chi connectivity index (χ0v) is 13.3. The lowest BCUT2D eigenvalue weighted by molar-refractivity contribution is 0.0924. The van der Waals surface area contributed by atoms with E-state index in [1.807, 2.05) is 19.0 Å². The maximum Gasteiger partial charge on any atom is 0.287 e. The van der Waals surface area contributed by atoms with Crippen molar-refractivity contribution in [3.63, 3.8) is 0 Å². The van der Waals surface area contributed by atoms with Gasteiger partial charge >= 0.3 is 0 Å². The summed E-state index contributed by atoms with van der Waals surface area (Å²) >= 11 is 12.1. The number of halogens is 2. The molecule has 0 aliphatic carbocycles. The van der Waals surface area contributed by atoms with Gasteiger partial charge in [-0.25, -0.2) is 0 Å². The second kappa shape index (κ2) is 6.98. The number of hydrogen-bond donors (Lipinski definition) is 1. The zero-order valence-electron chi connectivity index (χ0n) is 11.8. The average molecular weight is 327 g/mol. The maximum absolute atomic E-state index is 11.9. The van der Waals surface area contributed by atoms with Gasteiger partial charge in [-0.2, -0.15) is 0 Å². The molecule has 0 radical (unpaired) electrons. The van der Waals surface area contributed by atoms with Gasteiger partial charge in [-0.05, 0) is 44.4 Å². The lowest BCUT2D eigenvalue weighted by atomic mass is 10.2. The van der Waals surface area contributed by atoms with Crippen molar-refractivity contribution in [1.29, 1.82) is 0 Å². The molecule has 4 nitrogen and oxygen atoms in total. The molecule has 0 unspecified atom stereocenters. The topological polar surface area (TPSA) is 45.5 Å². The fourth-order valence-corrected chi connectivity index (χ4v) is 2.15. The van der Waals surface area contributed by atoms with E-state index in [1.165, 1.54) is 0 Å². The molecule has 2 rings (SSSR count). The molecule has 0 spiro atoms. The molecule has 0 aliphatic heterocycles. The summed E-state index contributed by atoms with van der Waals surface area (Å²) in [5.41, 5.74) is 0.663. The van der Waals surface area contributed by atoms with Gasteiger partial charge in [0.2, 0.25) is 0 Å². The van der Waals surface area contributed by atoms with Crippen LogP contribution in [0.4, 0.5) is 0 Å². The minimum absolute atomic E-state index is 0.249. The van der Waals surface area contributed by atoms with Crippen LogP contribution in [0.15, 0.2) is 34.7 Å². The minimum atomic E-state index is -0.249. The van der Waals surface area contributed by atoms with Crippen LogP contribution in [-0.4, -0.2) is 38.0 Å². The number of amides is 1. The number of nitrogens with zero attached hydrogens (tertiary/aromatic N) is 1. The second-order valence-corrected chi connectivity index (χ2v) is 5.69. The van der Waals surface area contributed by atoms with Crippen LogP contribution in [0.1, 0.15) is 10.6 Å². The monoisotopic (exact) mass is 326 g/mol. The molecule has 1 N–H and O–H groups in total. The molecule has 0 fully saturated rings. The Morgan fingerprint density at radius 2 is 2.00 bits per heavy atom. The Morgan fingerprint density at radius 1 is 1.24 bits per heavy atom. The number of hydrogen-bond acceptors (Lipinski definition) is 3. The van der Waals surface area contributed by atoms with Gasteiger partial charge in [0.25, 0.3) is 5.91 Å². The Balaban J connectivity index is 2.10. The number of benzene rings is 1. The summed E-state index contributed by atoms with van der Waals surface area (Å²) in [6, 6.07) is 8.43. The smallest absolute Gasteiger partial charge is 0.287 e. The van der Waals surface area contributed by atoms with Crippen molar-refractivity contribution in [3.05, 3.63) is 46.1 Å². The van der Waals surface area contributed by atoms with E-state index < -0.39 is 0 Å². The summed E-state index contributed by atoms with van der Waals surface area (Å²) in [6.07, 6.45) is 0. The van der Waals surface area contributed by atoms with E-state index in [-0.39, 0.29) is 11.7 Å². The molecule has 1 heterocycles. The third-order valence-electron chi connectivity index (χ3n) is 2.87. The minimum Gasteiger partial charge on any atom is -0.451 e. The van der Waals surface area contributed by atoms with Crippen molar-refractivity contribution in [3.8, 4) is 11.3 Å². The molecule has 1 aromatic carbocycles. The molecular weight excluding hydrogens is 311 g/mol. The van der Waals surface area contributed by atoms with Crippen LogP contribution in [0.25, 0.3) is 11.3 Å². The first kappa shape index (κ1) is 15.9. The summed E-state index contributed by atoms with van der Waals surface area (Å²) in [4.78, 5) is 13.9. The van der Waals surface area contributed by atoms with Crippen LogP contribution in [0.5, 0.6) is 0 Å². The summed E-state index contributed by atoms with van der Waals surface area (Å²) in [7, 11) is 3.89. The maximum atomic E-state index is 11.9. The van der Waals surface area contributed by atoms with E-state index in [0.29, 0.717) is 27.9 Å². The van der Waals surface area contributed by atoms with Gasteiger partial charge in [-0.1, -0.05) is 23.2 Å². The van der Waals surface area contributed by atoms with Crippen molar-refractivity contribution in [2.45, 2.75) is 0 Å². The first-order chi connectivity index (χ1) is 9.97. The molecule has 0 saturated heterocycles. The lowest BCUT2D eigenvalue weighted by Crippen LogP contribution is -2.31. The molecule has 0 saturated carbocycles. The van der Waals surface area contributed by atoms with Gasteiger partial charge in [-0.15, -0.1) is 0 Å². The largest absolute Gasteiger partial charge is 0.451 e. The predicted molar refractivity (Wildman–Crippen MR) is 85.1 cm³/mol. The number of rotatable bonds is 5. The molecule has 0 atom stereocenters. The molecule has 1 amide bonds. The highest BCUT2D eigenvalue weighted by Crippen LogP contribution is 2.31. The van der Waals surface area contributed by atoms with Gasteiger partial charge in [0.1, 0.15) is 5.76 Å². The van der Waals surface area contributed by atoms with Gasteiger partial charge in [0, 0.05) is 23.7 Å². The van der Waals surface area contributed by atoms with Crippen LogP contribution in [0, 0.1) is 0 Å².